The van der Waals surface area contributed by atoms with E-state index in [0.29, 0.717) is 0 Å². The van der Waals surface area contributed by atoms with Crippen LogP contribution >= 0.6 is 0 Å². The van der Waals surface area contributed by atoms with Gasteiger partial charge in [-0.05, 0) is 38.2 Å². The standard InChI is InChI=1S/C17H24/c1-13(2)10-15(4)11-16(5)12-17-8-6-14(3)7-9-17/h6-9,11,13H,5,10,12H2,1-4H3/b15-11+. The van der Waals surface area contributed by atoms with Gasteiger partial charge < -0.3 is 0 Å². The molecule has 0 saturated heterocycles. The fraction of sp³-hybridized carbons (Fsp3) is 0.412. The predicted molar refractivity (Wildman–Crippen MR) is 77.2 cm³/mol. The summed E-state index contributed by atoms with van der Waals surface area (Å²) in [6.45, 7) is 13.0. The molecule has 0 aromatic heterocycles. The van der Waals surface area contributed by atoms with Crippen LogP contribution in [-0.2, 0) is 6.42 Å². The van der Waals surface area contributed by atoms with Crippen molar-refractivity contribution in [3.05, 3.63) is 59.2 Å². The van der Waals surface area contributed by atoms with Crippen molar-refractivity contribution in [1.82, 2.24) is 0 Å². The van der Waals surface area contributed by atoms with E-state index in [0.717, 1.165) is 18.8 Å². The van der Waals surface area contributed by atoms with Gasteiger partial charge in [0.1, 0.15) is 0 Å². The molecule has 0 amide bonds. The van der Waals surface area contributed by atoms with Crippen LogP contribution in [0.2, 0.25) is 0 Å². The smallest absolute Gasteiger partial charge is 0.00317 e. The molecule has 0 fully saturated rings. The van der Waals surface area contributed by atoms with Crippen molar-refractivity contribution >= 4 is 0 Å². The Kier molecular flexibility index (Phi) is 5.21. The summed E-state index contributed by atoms with van der Waals surface area (Å²) in [4.78, 5) is 0. The molecule has 0 aliphatic heterocycles. The second-order valence-corrected chi connectivity index (χ2v) is 5.41. The molecule has 0 heteroatoms. The minimum atomic E-state index is 0.721. The molecule has 0 heterocycles. The maximum Gasteiger partial charge on any atom is -0.00317 e. The van der Waals surface area contributed by atoms with E-state index in [4.69, 9.17) is 0 Å². The van der Waals surface area contributed by atoms with E-state index in [2.05, 4.69) is 64.6 Å². The van der Waals surface area contributed by atoms with Crippen molar-refractivity contribution in [3.63, 3.8) is 0 Å². The Bertz CT molecular complexity index is 391. The Balaban J connectivity index is 2.57. The van der Waals surface area contributed by atoms with Gasteiger partial charge in [-0.3, -0.25) is 0 Å². The van der Waals surface area contributed by atoms with E-state index < -0.39 is 0 Å². The monoisotopic (exact) mass is 228 g/mol. The number of hydrogen-bond acceptors (Lipinski definition) is 0. The van der Waals surface area contributed by atoms with Gasteiger partial charge in [-0.1, -0.05) is 67.5 Å². The van der Waals surface area contributed by atoms with E-state index in [1.54, 1.807) is 0 Å². The van der Waals surface area contributed by atoms with Crippen LogP contribution in [0.3, 0.4) is 0 Å². The molecule has 0 radical (unpaired) electrons. The first-order valence-corrected chi connectivity index (χ1v) is 6.38. The summed E-state index contributed by atoms with van der Waals surface area (Å²) in [6.07, 6.45) is 4.35. The second kappa shape index (κ2) is 6.44. The van der Waals surface area contributed by atoms with E-state index >= 15 is 0 Å². The zero-order valence-electron chi connectivity index (χ0n) is 11.6. The number of benzene rings is 1. The van der Waals surface area contributed by atoms with E-state index in [1.165, 1.54) is 22.3 Å². The van der Waals surface area contributed by atoms with Gasteiger partial charge in [0.15, 0.2) is 0 Å². The molecule has 0 unspecified atom stereocenters. The number of aryl methyl sites for hydroxylation is 1. The molecule has 0 bridgehead atoms. The van der Waals surface area contributed by atoms with E-state index in [-0.39, 0.29) is 0 Å². The summed E-state index contributed by atoms with van der Waals surface area (Å²) < 4.78 is 0. The molecule has 0 spiro atoms. The van der Waals surface area contributed by atoms with Gasteiger partial charge in [0.05, 0.1) is 0 Å². The highest BCUT2D eigenvalue weighted by Gasteiger charge is 1.98. The van der Waals surface area contributed by atoms with Crippen molar-refractivity contribution in [2.24, 2.45) is 5.92 Å². The van der Waals surface area contributed by atoms with Crippen LogP contribution in [0.25, 0.3) is 0 Å². The SMILES string of the molecule is C=C(/C=C(\C)CC(C)C)Cc1ccc(C)cc1. The lowest BCUT2D eigenvalue weighted by atomic mass is 9.99. The van der Waals surface area contributed by atoms with Crippen molar-refractivity contribution < 1.29 is 0 Å². The number of rotatable bonds is 5. The molecule has 0 nitrogen and oxygen atoms in total. The predicted octanol–water partition coefficient (Wildman–Crippen LogP) is 5.09. The van der Waals surface area contributed by atoms with Crippen LogP contribution in [0.15, 0.2) is 48.1 Å². The minimum Gasteiger partial charge on any atom is -0.0955 e. The number of hydrogen-bond donors (Lipinski definition) is 0. The van der Waals surface area contributed by atoms with Crippen LogP contribution < -0.4 is 0 Å². The average Bonchev–Trinajstić information content (AvgIpc) is 2.19. The maximum atomic E-state index is 4.14. The molecule has 17 heavy (non-hydrogen) atoms. The Hall–Kier alpha value is -1.30. The Morgan fingerprint density at radius 1 is 1.24 bits per heavy atom. The minimum absolute atomic E-state index is 0.721. The van der Waals surface area contributed by atoms with E-state index in [9.17, 15) is 0 Å². The molecule has 1 aromatic carbocycles. The summed E-state index contributed by atoms with van der Waals surface area (Å²) in [5.74, 6) is 0.721. The van der Waals surface area contributed by atoms with Crippen LogP contribution in [0.1, 0.15) is 38.3 Å². The zero-order valence-corrected chi connectivity index (χ0v) is 11.6. The van der Waals surface area contributed by atoms with Crippen LogP contribution in [0.5, 0.6) is 0 Å². The van der Waals surface area contributed by atoms with Gasteiger partial charge >= 0.3 is 0 Å². The molecule has 0 atom stereocenters. The quantitative estimate of drug-likeness (QED) is 0.616. The summed E-state index contributed by atoms with van der Waals surface area (Å²) in [5, 5.41) is 0. The Morgan fingerprint density at radius 2 is 1.82 bits per heavy atom. The third-order valence-electron chi connectivity index (χ3n) is 2.73. The summed E-state index contributed by atoms with van der Waals surface area (Å²) >= 11 is 0. The fourth-order valence-corrected chi connectivity index (χ4v) is 2.07. The van der Waals surface area contributed by atoms with Gasteiger partial charge in [-0.25, -0.2) is 0 Å². The average molecular weight is 228 g/mol. The highest BCUT2D eigenvalue weighted by atomic mass is 14.0. The van der Waals surface area contributed by atoms with Gasteiger partial charge in [0, 0.05) is 0 Å². The topological polar surface area (TPSA) is 0 Å². The van der Waals surface area contributed by atoms with E-state index in [1.807, 2.05) is 0 Å². The molecule has 0 N–H and O–H groups in total. The van der Waals surface area contributed by atoms with Gasteiger partial charge in [-0.2, -0.15) is 0 Å². The highest BCUT2D eigenvalue weighted by Crippen LogP contribution is 2.15. The van der Waals surface area contributed by atoms with Crippen LogP contribution in [-0.4, -0.2) is 0 Å². The van der Waals surface area contributed by atoms with Gasteiger partial charge in [0.2, 0.25) is 0 Å². The largest absolute Gasteiger partial charge is 0.0955 e. The molecule has 0 aliphatic carbocycles. The van der Waals surface area contributed by atoms with Crippen molar-refractivity contribution in [3.8, 4) is 0 Å². The van der Waals surface area contributed by atoms with Crippen molar-refractivity contribution in [2.45, 2.75) is 40.5 Å². The fourth-order valence-electron chi connectivity index (χ4n) is 2.07. The highest BCUT2D eigenvalue weighted by molar-refractivity contribution is 5.30. The Labute approximate surface area is 106 Å². The van der Waals surface area contributed by atoms with Gasteiger partial charge in [-0.15, -0.1) is 0 Å². The molecule has 1 aromatic rings. The summed E-state index contributed by atoms with van der Waals surface area (Å²) in [7, 11) is 0. The third-order valence-corrected chi connectivity index (χ3v) is 2.73. The Morgan fingerprint density at radius 3 is 2.35 bits per heavy atom. The molecular weight excluding hydrogens is 204 g/mol. The first-order chi connectivity index (χ1) is 7.97. The zero-order chi connectivity index (χ0) is 12.8. The van der Waals surface area contributed by atoms with Crippen LogP contribution in [0, 0.1) is 12.8 Å². The molecule has 0 aliphatic rings. The molecular formula is C17H24. The third kappa shape index (κ3) is 5.53. The second-order valence-electron chi connectivity index (χ2n) is 5.41. The molecule has 0 saturated carbocycles. The first kappa shape index (κ1) is 13.8. The first-order valence-electron chi connectivity index (χ1n) is 6.38. The summed E-state index contributed by atoms with van der Waals surface area (Å²) in [5.41, 5.74) is 5.28. The summed E-state index contributed by atoms with van der Waals surface area (Å²) in [6, 6.07) is 8.69. The van der Waals surface area contributed by atoms with Gasteiger partial charge in [0.25, 0.3) is 0 Å². The lowest BCUT2D eigenvalue weighted by molar-refractivity contribution is 0.642. The maximum absolute atomic E-state index is 4.14. The lowest BCUT2D eigenvalue weighted by Crippen LogP contribution is -1.91. The normalized spacial score (nSPS) is 11.9. The molecule has 1 rings (SSSR count). The lowest BCUT2D eigenvalue weighted by Gasteiger charge is -2.07. The number of allylic oxidation sites excluding steroid dienone is 3. The molecule has 92 valence electrons. The van der Waals surface area contributed by atoms with Crippen molar-refractivity contribution in [1.29, 1.82) is 0 Å². The van der Waals surface area contributed by atoms with Crippen LogP contribution in [0.4, 0.5) is 0 Å². The van der Waals surface area contributed by atoms with Crippen molar-refractivity contribution in [2.75, 3.05) is 0 Å².